The molecule has 2 rings (SSSR count). The monoisotopic (exact) mass is 282 g/mol. The van der Waals surface area contributed by atoms with Crippen LogP contribution >= 0.6 is 11.6 Å². The smallest absolute Gasteiger partial charge is 0.132 e. The third kappa shape index (κ3) is 2.38. The van der Waals surface area contributed by atoms with Crippen molar-refractivity contribution in [1.29, 1.82) is 0 Å². The summed E-state index contributed by atoms with van der Waals surface area (Å²) in [4.78, 5) is 0. The van der Waals surface area contributed by atoms with Crippen molar-refractivity contribution in [3.63, 3.8) is 0 Å². The summed E-state index contributed by atoms with van der Waals surface area (Å²) in [5.74, 6) is 0.459. The van der Waals surface area contributed by atoms with Crippen molar-refractivity contribution in [2.75, 3.05) is 7.11 Å². The molecular formula is C14H16ClFOSi. The summed E-state index contributed by atoms with van der Waals surface area (Å²) in [7, 11) is 0.0823. The molecule has 0 N–H and O–H groups in total. The molecule has 0 unspecified atom stereocenters. The number of fused-ring (bicyclic) bond motifs is 1. The summed E-state index contributed by atoms with van der Waals surface area (Å²) in [5.41, 5.74) is 0. The molecule has 0 atom stereocenters. The van der Waals surface area contributed by atoms with E-state index in [1.807, 2.05) is 6.07 Å². The molecule has 0 amide bonds. The Morgan fingerprint density at radius 3 is 2.33 bits per heavy atom. The molecule has 1 nitrogen and oxygen atoms in total. The van der Waals surface area contributed by atoms with Gasteiger partial charge in [-0.1, -0.05) is 37.3 Å². The van der Waals surface area contributed by atoms with Crippen molar-refractivity contribution >= 4 is 35.6 Å². The first-order valence-electron chi connectivity index (χ1n) is 5.80. The molecule has 18 heavy (non-hydrogen) atoms. The summed E-state index contributed by atoms with van der Waals surface area (Å²) in [6, 6.07) is 6.91. The van der Waals surface area contributed by atoms with Gasteiger partial charge < -0.3 is 4.74 Å². The van der Waals surface area contributed by atoms with Gasteiger partial charge in [0.1, 0.15) is 11.6 Å². The summed E-state index contributed by atoms with van der Waals surface area (Å²) >= 11 is 5.90. The standard InChI is InChI=1S/C14H16ClFOSi/c1-17-13-8-11-9(5-10(15)7-12(11)16)6-14(13)18(2,3)4/h5-8H,1-4H3. The Labute approximate surface area is 113 Å². The van der Waals surface area contributed by atoms with Gasteiger partial charge in [-0.15, -0.1) is 0 Å². The van der Waals surface area contributed by atoms with Gasteiger partial charge in [-0.05, 0) is 28.8 Å². The Hall–Kier alpha value is -1.06. The normalized spacial score (nSPS) is 11.9. The molecule has 0 aliphatic heterocycles. The van der Waals surface area contributed by atoms with E-state index in [2.05, 4.69) is 19.6 Å². The number of halogens is 2. The first kappa shape index (κ1) is 13.4. The first-order valence-corrected chi connectivity index (χ1v) is 9.68. The van der Waals surface area contributed by atoms with Crippen LogP contribution in [-0.2, 0) is 0 Å². The van der Waals surface area contributed by atoms with Crippen molar-refractivity contribution in [2.24, 2.45) is 0 Å². The molecule has 2 aromatic rings. The number of rotatable bonds is 2. The van der Waals surface area contributed by atoms with Crippen LogP contribution in [0.15, 0.2) is 24.3 Å². The fourth-order valence-corrected chi connectivity index (χ4v) is 3.78. The lowest BCUT2D eigenvalue weighted by atomic mass is 10.1. The summed E-state index contributed by atoms with van der Waals surface area (Å²) in [6.45, 7) is 6.70. The Balaban J connectivity index is 2.81. The molecule has 4 heteroatoms. The SMILES string of the molecule is COc1cc2c(F)cc(Cl)cc2cc1[Si](C)(C)C. The quantitative estimate of drug-likeness (QED) is 0.751. The molecule has 0 aromatic heterocycles. The predicted octanol–water partition coefficient (Wildman–Crippen LogP) is 4.19. The largest absolute Gasteiger partial charge is 0.497 e. The topological polar surface area (TPSA) is 9.23 Å². The highest BCUT2D eigenvalue weighted by molar-refractivity contribution is 6.89. The molecule has 0 aliphatic carbocycles. The van der Waals surface area contributed by atoms with E-state index < -0.39 is 8.07 Å². The fraction of sp³-hybridized carbons (Fsp3) is 0.286. The lowest BCUT2D eigenvalue weighted by Crippen LogP contribution is -2.38. The summed E-state index contributed by atoms with van der Waals surface area (Å²) in [6.07, 6.45) is 0. The van der Waals surface area contributed by atoms with Crippen LogP contribution in [0.25, 0.3) is 10.8 Å². The van der Waals surface area contributed by atoms with E-state index in [1.54, 1.807) is 19.2 Å². The summed E-state index contributed by atoms with van der Waals surface area (Å²) < 4.78 is 19.3. The van der Waals surface area contributed by atoms with Gasteiger partial charge in [0.15, 0.2) is 0 Å². The van der Waals surface area contributed by atoms with Crippen LogP contribution in [0.1, 0.15) is 0 Å². The third-order valence-electron chi connectivity index (χ3n) is 2.99. The van der Waals surface area contributed by atoms with E-state index in [9.17, 15) is 4.39 Å². The van der Waals surface area contributed by atoms with Gasteiger partial charge in [-0.25, -0.2) is 4.39 Å². The second kappa shape index (κ2) is 4.56. The zero-order valence-corrected chi connectivity index (χ0v) is 12.7. The van der Waals surface area contributed by atoms with Crippen molar-refractivity contribution in [1.82, 2.24) is 0 Å². The molecule has 96 valence electrons. The highest BCUT2D eigenvalue weighted by Gasteiger charge is 2.22. The molecule has 0 aliphatic rings. The molecule has 0 saturated heterocycles. The minimum Gasteiger partial charge on any atom is -0.497 e. The van der Waals surface area contributed by atoms with Gasteiger partial charge in [-0.3, -0.25) is 0 Å². The molecule has 0 bridgehead atoms. The van der Waals surface area contributed by atoms with Gasteiger partial charge in [0.25, 0.3) is 0 Å². The Morgan fingerprint density at radius 1 is 1.11 bits per heavy atom. The zero-order chi connectivity index (χ0) is 13.5. The lowest BCUT2D eigenvalue weighted by Gasteiger charge is -2.21. The van der Waals surface area contributed by atoms with Gasteiger partial charge >= 0.3 is 0 Å². The van der Waals surface area contributed by atoms with Crippen LogP contribution in [-0.4, -0.2) is 15.2 Å². The molecule has 0 spiro atoms. The van der Waals surface area contributed by atoms with E-state index in [0.717, 1.165) is 11.1 Å². The average molecular weight is 283 g/mol. The van der Waals surface area contributed by atoms with E-state index in [1.165, 1.54) is 11.3 Å². The maximum absolute atomic E-state index is 13.9. The average Bonchev–Trinajstić information content (AvgIpc) is 2.26. The van der Waals surface area contributed by atoms with E-state index in [-0.39, 0.29) is 5.82 Å². The van der Waals surface area contributed by atoms with Crippen molar-refractivity contribution < 1.29 is 9.13 Å². The molecule has 0 saturated carbocycles. The minimum atomic E-state index is -1.54. The number of hydrogen-bond donors (Lipinski definition) is 0. The van der Waals surface area contributed by atoms with Crippen molar-refractivity contribution in [2.45, 2.75) is 19.6 Å². The third-order valence-corrected chi connectivity index (χ3v) is 5.22. The molecule has 0 radical (unpaired) electrons. The van der Waals surface area contributed by atoms with Crippen LogP contribution in [0.3, 0.4) is 0 Å². The number of methoxy groups -OCH3 is 1. The van der Waals surface area contributed by atoms with Crippen molar-refractivity contribution in [3.8, 4) is 5.75 Å². The number of ether oxygens (including phenoxy) is 1. The second-order valence-corrected chi connectivity index (χ2v) is 10.9. The van der Waals surface area contributed by atoms with E-state index >= 15 is 0 Å². The van der Waals surface area contributed by atoms with Crippen LogP contribution < -0.4 is 9.92 Å². The van der Waals surface area contributed by atoms with Crippen molar-refractivity contribution in [3.05, 3.63) is 35.1 Å². The van der Waals surface area contributed by atoms with Crippen LogP contribution in [0.2, 0.25) is 24.7 Å². The highest BCUT2D eigenvalue weighted by atomic mass is 35.5. The molecule has 0 fully saturated rings. The van der Waals surface area contributed by atoms with Gasteiger partial charge in [0, 0.05) is 10.4 Å². The zero-order valence-electron chi connectivity index (χ0n) is 11.0. The maximum atomic E-state index is 13.9. The Bertz CT molecular complexity index is 605. The molecule has 0 heterocycles. The van der Waals surface area contributed by atoms with E-state index in [0.29, 0.717) is 10.4 Å². The van der Waals surface area contributed by atoms with Gasteiger partial charge in [-0.2, -0.15) is 0 Å². The predicted molar refractivity (Wildman–Crippen MR) is 78.4 cm³/mol. The summed E-state index contributed by atoms with van der Waals surface area (Å²) in [5, 5.41) is 2.99. The minimum absolute atomic E-state index is 0.307. The molecular weight excluding hydrogens is 267 g/mol. The maximum Gasteiger partial charge on any atom is 0.132 e. The van der Waals surface area contributed by atoms with Gasteiger partial charge in [0.2, 0.25) is 0 Å². The molecule has 2 aromatic carbocycles. The number of hydrogen-bond acceptors (Lipinski definition) is 1. The van der Waals surface area contributed by atoms with Crippen LogP contribution in [0.4, 0.5) is 4.39 Å². The highest BCUT2D eigenvalue weighted by Crippen LogP contribution is 2.27. The van der Waals surface area contributed by atoms with Gasteiger partial charge in [0.05, 0.1) is 15.2 Å². The van der Waals surface area contributed by atoms with E-state index in [4.69, 9.17) is 16.3 Å². The van der Waals surface area contributed by atoms with Crippen LogP contribution in [0.5, 0.6) is 5.75 Å². The van der Waals surface area contributed by atoms with Crippen LogP contribution in [0, 0.1) is 5.82 Å². The number of benzene rings is 2. The Kier molecular flexibility index (Phi) is 3.38. The second-order valence-electron chi connectivity index (χ2n) is 5.41. The fourth-order valence-electron chi connectivity index (χ4n) is 2.07. The Morgan fingerprint density at radius 2 is 1.78 bits per heavy atom. The lowest BCUT2D eigenvalue weighted by molar-refractivity contribution is 0.418. The first-order chi connectivity index (χ1) is 8.32.